The second kappa shape index (κ2) is 7.86. The average Bonchev–Trinajstić information content (AvgIpc) is 2.41. The highest BCUT2D eigenvalue weighted by atomic mass is 16.5. The first-order chi connectivity index (χ1) is 9.11. The first-order valence-electron chi connectivity index (χ1n) is 5.78. The van der Waals surface area contributed by atoms with Crippen molar-refractivity contribution in [1.82, 2.24) is 5.32 Å². The molecule has 19 heavy (non-hydrogen) atoms. The van der Waals surface area contributed by atoms with Crippen LogP contribution in [-0.4, -0.2) is 36.4 Å². The molecule has 0 fully saturated rings. The monoisotopic (exact) mass is 265 g/mol. The van der Waals surface area contributed by atoms with E-state index in [9.17, 15) is 14.4 Å². The summed E-state index contributed by atoms with van der Waals surface area (Å²) in [5.74, 6) is -0.711. The smallest absolute Gasteiger partial charge is 0.303 e. The van der Waals surface area contributed by atoms with Gasteiger partial charge in [0.1, 0.15) is 12.0 Å². The Balaban J connectivity index is 2.21. The topological polar surface area (TPSA) is 92.7 Å². The van der Waals surface area contributed by atoms with Crippen LogP contribution < -0.4 is 10.1 Å². The SMILES string of the molecule is O=Cc1ccc(OCC(=O)NCCCC(=O)O)cc1. The lowest BCUT2D eigenvalue weighted by Crippen LogP contribution is -2.29. The predicted octanol–water partition coefficient (Wildman–Crippen LogP) is 0.859. The van der Waals surface area contributed by atoms with Gasteiger partial charge >= 0.3 is 5.97 Å². The van der Waals surface area contributed by atoms with Crippen LogP contribution >= 0.6 is 0 Å². The predicted molar refractivity (Wildman–Crippen MR) is 67.2 cm³/mol. The number of aliphatic carboxylic acids is 1. The maximum Gasteiger partial charge on any atom is 0.303 e. The van der Waals surface area contributed by atoms with Crippen molar-refractivity contribution < 1.29 is 24.2 Å². The molecular formula is C13H15NO5. The van der Waals surface area contributed by atoms with E-state index in [1.165, 1.54) is 0 Å². The molecule has 0 heterocycles. The van der Waals surface area contributed by atoms with E-state index >= 15 is 0 Å². The summed E-state index contributed by atoms with van der Waals surface area (Å²) in [7, 11) is 0. The van der Waals surface area contributed by atoms with Crippen LogP contribution in [0.25, 0.3) is 0 Å². The minimum Gasteiger partial charge on any atom is -0.484 e. The van der Waals surface area contributed by atoms with Gasteiger partial charge in [-0.2, -0.15) is 0 Å². The van der Waals surface area contributed by atoms with Crippen molar-refractivity contribution in [3.63, 3.8) is 0 Å². The summed E-state index contributed by atoms with van der Waals surface area (Å²) in [6.45, 7) is 0.159. The fraction of sp³-hybridized carbons (Fsp3) is 0.308. The highest BCUT2D eigenvalue weighted by Crippen LogP contribution is 2.10. The number of nitrogens with one attached hydrogen (secondary N) is 1. The van der Waals surface area contributed by atoms with Crippen LogP contribution in [0.1, 0.15) is 23.2 Å². The molecule has 1 aromatic carbocycles. The standard InChI is InChI=1S/C13H15NO5/c15-8-10-3-5-11(6-4-10)19-9-12(16)14-7-1-2-13(17)18/h3-6,8H,1-2,7,9H2,(H,14,16)(H,17,18). The lowest BCUT2D eigenvalue weighted by atomic mass is 10.2. The van der Waals surface area contributed by atoms with Crippen molar-refractivity contribution in [3.8, 4) is 5.75 Å². The molecule has 0 saturated heterocycles. The third kappa shape index (κ3) is 6.21. The zero-order chi connectivity index (χ0) is 14.1. The second-order valence-corrected chi connectivity index (χ2v) is 3.82. The Hall–Kier alpha value is -2.37. The highest BCUT2D eigenvalue weighted by molar-refractivity contribution is 5.77. The summed E-state index contributed by atoms with van der Waals surface area (Å²) in [6, 6.07) is 6.38. The third-order valence-electron chi connectivity index (χ3n) is 2.28. The number of carboxylic acid groups (broad SMARTS) is 1. The van der Waals surface area contributed by atoms with Crippen molar-refractivity contribution in [3.05, 3.63) is 29.8 Å². The second-order valence-electron chi connectivity index (χ2n) is 3.82. The fourth-order valence-corrected chi connectivity index (χ4v) is 1.31. The van der Waals surface area contributed by atoms with Gasteiger partial charge < -0.3 is 15.2 Å². The Labute approximate surface area is 110 Å². The molecule has 102 valence electrons. The van der Waals surface area contributed by atoms with Crippen LogP contribution in [0.15, 0.2) is 24.3 Å². The molecule has 0 spiro atoms. The Morgan fingerprint density at radius 1 is 1.26 bits per heavy atom. The van der Waals surface area contributed by atoms with E-state index in [4.69, 9.17) is 9.84 Å². The molecule has 6 heteroatoms. The van der Waals surface area contributed by atoms with Crippen molar-refractivity contribution >= 4 is 18.2 Å². The number of carbonyl (C=O) groups is 3. The summed E-state index contributed by atoms with van der Waals surface area (Å²) in [6.07, 6.45) is 1.13. The molecule has 0 atom stereocenters. The molecule has 2 N–H and O–H groups in total. The molecular weight excluding hydrogens is 250 g/mol. The molecule has 1 aromatic rings. The van der Waals surface area contributed by atoms with Gasteiger partial charge in [0.25, 0.3) is 5.91 Å². The number of carbonyl (C=O) groups excluding carboxylic acids is 2. The molecule has 0 aliphatic rings. The summed E-state index contributed by atoms with van der Waals surface area (Å²) in [5, 5.41) is 11.0. The Morgan fingerprint density at radius 2 is 1.95 bits per heavy atom. The number of rotatable bonds is 8. The maximum absolute atomic E-state index is 11.3. The fourth-order valence-electron chi connectivity index (χ4n) is 1.31. The Morgan fingerprint density at radius 3 is 2.53 bits per heavy atom. The zero-order valence-corrected chi connectivity index (χ0v) is 10.3. The van der Waals surface area contributed by atoms with Gasteiger partial charge in [0.05, 0.1) is 0 Å². The normalized spacial score (nSPS) is 9.68. The Kier molecular flexibility index (Phi) is 6.08. The van der Waals surface area contributed by atoms with E-state index in [2.05, 4.69) is 5.32 Å². The number of benzene rings is 1. The minimum atomic E-state index is -0.888. The molecule has 1 amide bonds. The molecule has 0 saturated carbocycles. The van der Waals surface area contributed by atoms with E-state index in [1.807, 2.05) is 0 Å². The number of amides is 1. The van der Waals surface area contributed by atoms with E-state index in [0.29, 0.717) is 24.3 Å². The van der Waals surface area contributed by atoms with Crippen molar-refractivity contribution in [1.29, 1.82) is 0 Å². The molecule has 0 bridgehead atoms. The number of hydrogen-bond donors (Lipinski definition) is 2. The lowest BCUT2D eigenvalue weighted by Gasteiger charge is -2.07. The van der Waals surface area contributed by atoms with Crippen LogP contribution in [0.3, 0.4) is 0 Å². The summed E-state index contributed by atoms with van der Waals surface area (Å²) >= 11 is 0. The zero-order valence-electron chi connectivity index (χ0n) is 10.3. The number of ether oxygens (including phenoxy) is 1. The first kappa shape index (κ1) is 14.7. The van der Waals surface area contributed by atoms with Gasteiger partial charge in [-0.3, -0.25) is 14.4 Å². The molecule has 1 rings (SSSR count). The van der Waals surface area contributed by atoms with Crippen LogP contribution in [0.4, 0.5) is 0 Å². The number of carboxylic acids is 1. The molecule has 0 unspecified atom stereocenters. The van der Waals surface area contributed by atoms with E-state index in [1.54, 1.807) is 24.3 Å². The van der Waals surface area contributed by atoms with Gasteiger partial charge in [-0.25, -0.2) is 0 Å². The quantitative estimate of drug-likeness (QED) is 0.537. The van der Waals surface area contributed by atoms with Gasteiger partial charge in [-0.15, -0.1) is 0 Å². The largest absolute Gasteiger partial charge is 0.484 e. The first-order valence-corrected chi connectivity index (χ1v) is 5.78. The van der Waals surface area contributed by atoms with Gasteiger partial charge in [-0.1, -0.05) is 0 Å². The molecule has 0 aromatic heterocycles. The van der Waals surface area contributed by atoms with Crippen molar-refractivity contribution in [2.75, 3.05) is 13.2 Å². The van der Waals surface area contributed by atoms with Crippen LogP contribution in [-0.2, 0) is 9.59 Å². The van der Waals surface area contributed by atoms with Gasteiger partial charge in [0.2, 0.25) is 0 Å². The summed E-state index contributed by atoms with van der Waals surface area (Å²) in [5.41, 5.74) is 0.533. The van der Waals surface area contributed by atoms with E-state index < -0.39 is 5.97 Å². The maximum atomic E-state index is 11.3. The van der Waals surface area contributed by atoms with Gasteiger partial charge in [-0.05, 0) is 30.7 Å². The number of aldehydes is 1. The summed E-state index contributed by atoms with van der Waals surface area (Å²) in [4.78, 5) is 32.0. The van der Waals surface area contributed by atoms with E-state index in [-0.39, 0.29) is 18.9 Å². The van der Waals surface area contributed by atoms with Crippen LogP contribution in [0.5, 0.6) is 5.75 Å². The third-order valence-corrected chi connectivity index (χ3v) is 2.28. The average molecular weight is 265 g/mol. The van der Waals surface area contributed by atoms with Crippen LogP contribution in [0.2, 0.25) is 0 Å². The number of hydrogen-bond acceptors (Lipinski definition) is 4. The van der Waals surface area contributed by atoms with Crippen LogP contribution in [0, 0.1) is 0 Å². The summed E-state index contributed by atoms with van der Waals surface area (Å²) < 4.78 is 5.20. The molecule has 6 nitrogen and oxygen atoms in total. The molecule has 0 aliphatic carbocycles. The minimum absolute atomic E-state index is 0.0221. The Bertz CT molecular complexity index is 441. The van der Waals surface area contributed by atoms with Gasteiger partial charge in [0.15, 0.2) is 6.61 Å². The molecule has 0 radical (unpaired) electrons. The highest BCUT2D eigenvalue weighted by Gasteiger charge is 2.03. The lowest BCUT2D eigenvalue weighted by molar-refractivity contribution is -0.137. The molecule has 0 aliphatic heterocycles. The van der Waals surface area contributed by atoms with Crippen molar-refractivity contribution in [2.24, 2.45) is 0 Å². The van der Waals surface area contributed by atoms with Gasteiger partial charge in [0, 0.05) is 18.5 Å². The van der Waals surface area contributed by atoms with E-state index in [0.717, 1.165) is 6.29 Å². The van der Waals surface area contributed by atoms with Crippen molar-refractivity contribution in [2.45, 2.75) is 12.8 Å².